The molecule has 1 unspecified atom stereocenters. The van der Waals surface area contributed by atoms with Gasteiger partial charge in [-0.1, -0.05) is 58.2 Å². The molecule has 126 valence electrons. The molecule has 0 aromatic heterocycles. The Morgan fingerprint density at radius 2 is 2.00 bits per heavy atom. The van der Waals surface area contributed by atoms with E-state index in [1.807, 2.05) is 0 Å². The van der Waals surface area contributed by atoms with E-state index in [1.165, 1.54) is 48.8 Å². The Hall–Kier alpha value is -0.863. The van der Waals surface area contributed by atoms with Gasteiger partial charge in [-0.25, -0.2) is 0 Å². The highest BCUT2D eigenvalue weighted by Gasteiger charge is 2.44. The fraction of sp³-hybridized carbons (Fsp3) is 0.619. The molecule has 1 aliphatic heterocycles. The smallest absolute Gasteiger partial charge is 0.0871 e. The zero-order chi connectivity index (χ0) is 16.8. The molecule has 1 nitrogen and oxygen atoms in total. The van der Waals surface area contributed by atoms with Gasteiger partial charge < -0.3 is 4.74 Å². The summed E-state index contributed by atoms with van der Waals surface area (Å²) in [5, 5.41) is 1.97. The van der Waals surface area contributed by atoms with Crippen LogP contribution in [0.3, 0.4) is 0 Å². The van der Waals surface area contributed by atoms with Gasteiger partial charge in [0.05, 0.1) is 20.8 Å². The first-order valence-electron chi connectivity index (χ1n) is 9.18. The molecule has 2 heteroatoms. The summed E-state index contributed by atoms with van der Waals surface area (Å²) in [7, 11) is -1.65. The maximum absolute atomic E-state index is 6.19. The molecule has 0 N–H and O–H groups in total. The van der Waals surface area contributed by atoms with Crippen molar-refractivity contribution in [3.05, 3.63) is 46.2 Å². The van der Waals surface area contributed by atoms with Crippen LogP contribution in [-0.4, -0.2) is 20.8 Å². The molecule has 3 aliphatic rings. The van der Waals surface area contributed by atoms with Gasteiger partial charge in [0.15, 0.2) is 0 Å². The number of allylic oxidation sites excluding steroid dienone is 5. The van der Waals surface area contributed by atoms with Crippen molar-refractivity contribution in [2.45, 2.75) is 77.1 Å². The van der Waals surface area contributed by atoms with E-state index in [-0.39, 0.29) is 0 Å². The Morgan fingerprint density at radius 3 is 2.57 bits per heavy atom. The number of fused-ring (bicyclic) bond motifs is 1. The van der Waals surface area contributed by atoms with Crippen LogP contribution < -0.4 is 0 Å². The normalized spacial score (nSPS) is 26.6. The highest BCUT2D eigenvalue weighted by atomic mass is 28.3. The standard InChI is InChI=1S/C21H32OSi/c1-7-16(15-12-13-15)20(23(5,6)21(2,3)4)18-14-22-19-11-9-8-10-17(18)19/h7,10,19H,1,8-9,11-14H2,2-6H3/b20-18+. The van der Waals surface area contributed by atoms with Crippen molar-refractivity contribution in [3.63, 3.8) is 0 Å². The minimum atomic E-state index is -1.65. The lowest BCUT2D eigenvalue weighted by Crippen LogP contribution is -2.41. The van der Waals surface area contributed by atoms with E-state index in [1.54, 1.807) is 10.8 Å². The van der Waals surface area contributed by atoms with Crippen molar-refractivity contribution < 1.29 is 4.74 Å². The van der Waals surface area contributed by atoms with E-state index in [2.05, 4.69) is 52.6 Å². The number of ether oxygens (including phenoxy) is 1. The monoisotopic (exact) mass is 328 g/mol. The van der Waals surface area contributed by atoms with Crippen LogP contribution in [0.4, 0.5) is 0 Å². The van der Waals surface area contributed by atoms with Gasteiger partial charge in [0, 0.05) is 0 Å². The molecule has 0 radical (unpaired) electrons. The fourth-order valence-corrected chi connectivity index (χ4v) is 6.50. The summed E-state index contributed by atoms with van der Waals surface area (Å²) in [5.74, 6) is 0. The Labute approximate surface area is 143 Å². The first-order valence-corrected chi connectivity index (χ1v) is 12.2. The lowest BCUT2D eigenvalue weighted by atomic mass is 9.92. The van der Waals surface area contributed by atoms with Gasteiger partial charge in [-0.05, 0) is 59.1 Å². The summed E-state index contributed by atoms with van der Waals surface area (Å²) >= 11 is 0. The average molecular weight is 329 g/mol. The maximum atomic E-state index is 6.19. The minimum absolute atomic E-state index is 0.326. The summed E-state index contributed by atoms with van der Waals surface area (Å²) in [5.41, 5.74) is 6.13. The second-order valence-corrected chi connectivity index (χ2v) is 14.1. The molecule has 1 heterocycles. The molecule has 2 fully saturated rings. The molecule has 1 saturated heterocycles. The van der Waals surface area contributed by atoms with Crippen LogP contribution in [0.25, 0.3) is 0 Å². The Kier molecular flexibility index (Phi) is 4.35. The topological polar surface area (TPSA) is 9.23 Å². The number of hydrogen-bond donors (Lipinski definition) is 0. The summed E-state index contributed by atoms with van der Waals surface area (Å²) in [4.78, 5) is 0. The van der Waals surface area contributed by atoms with Crippen LogP contribution in [0.15, 0.2) is 46.2 Å². The van der Waals surface area contributed by atoms with Crippen LogP contribution in [0.1, 0.15) is 52.9 Å². The third-order valence-electron chi connectivity index (χ3n) is 6.32. The molecule has 0 aromatic carbocycles. The summed E-state index contributed by atoms with van der Waals surface area (Å²) in [6.45, 7) is 17.3. The minimum Gasteiger partial charge on any atom is -0.369 e. The third-order valence-corrected chi connectivity index (χ3v) is 11.9. The summed E-state index contributed by atoms with van der Waals surface area (Å²) < 4.78 is 6.19. The van der Waals surface area contributed by atoms with Gasteiger partial charge in [0.1, 0.15) is 0 Å². The second kappa shape index (κ2) is 5.89. The Morgan fingerprint density at radius 1 is 1.30 bits per heavy atom. The molecule has 0 amide bonds. The van der Waals surface area contributed by atoms with Crippen LogP contribution in [-0.2, 0) is 4.74 Å². The van der Waals surface area contributed by atoms with Crippen molar-refractivity contribution in [1.82, 2.24) is 0 Å². The van der Waals surface area contributed by atoms with E-state index < -0.39 is 8.07 Å². The van der Waals surface area contributed by atoms with Crippen LogP contribution in [0.5, 0.6) is 0 Å². The number of hydrogen-bond acceptors (Lipinski definition) is 1. The second-order valence-electron chi connectivity index (χ2n) is 8.84. The third kappa shape index (κ3) is 2.96. The highest BCUT2D eigenvalue weighted by molar-refractivity contribution is 6.87. The maximum Gasteiger partial charge on any atom is 0.0871 e. The zero-order valence-electron chi connectivity index (χ0n) is 15.6. The first kappa shape index (κ1) is 17.0. The van der Waals surface area contributed by atoms with Gasteiger partial charge in [0.25, 0.3) is 0 Å². The molecule has 1 atom stereocenters. The zero-order valence-corrected chi connectivity index (χ0v) is 16.6. The molecule has 0 bridgehead atoms. The molecule has 0 aromatic rings. The van der Waals surface area contributed by atoms with Crippen LogP contribution in [0.2, 0.25) is 18.1 Å². The summed E-state index contributed by atoms with van der Waals surface area (Å²) in [6.07, 6.45) is 11.2. The summed E-state index contributed by atoms with van der Waals surface area (Å²) in [6, 6.07) is 0. The largest absolute Gasteiger partial charge is 0.369 e. The SMILES string of the molecule is C=CC(=C1CC1)/C(=C1/COC2CCCC=C12)[Si](C)(C)C(C)(C)C. The lowest BCUT2D eigenvalue weighted by molar-refractivity contribution is 0.118. The highest BCUT2D eigenvalue weighted by Crippen LogP contribution is 2.50. The van der Waals surface area contributed by atoms with Gasteiger partial charge >= 0.3 is 0 Å². The number of rotatable bonds is 3. The lowest BCUT2D eigenvalue weighted by Gasteiger charge is -2.41. The van der Waals surface area contributed by atoms with Gasteiger partial charge in [-0.15, -0.1) is 0 Å². The van der Waals surface area contributed by atoms with E-state index in [0.717, 1.165) is 6.61 Å². The molecule has 3 rings (SSSR count). The predicted molar refractivity (Wildman–Crippen MR) is 102 cm³/mol. The average Bonchev–Trinajstić information content (AvgIpc) is 3.23. The van der Waals surface area contributed by atoms with E-state index in [4.69, 9.17) is 4.74 Å². The molecular formula is C21H32OSi. The van der Waals surface area contributed by atoms with Crippen molar-refractivity contribution >= 4 is 8.07 Å². The van der Waals surface area contributed by atoms with E-state index in [0.29, 0.717) is 11.1 Å². The Balaban J connectivity index is 2.21. The van der Waals surface area contributed by atoms with Gasteiger partial charge in [-0.2, -0.15) is 0 Å². The molecular weight excluding hydrogens is 296 g/mol. The fourth-order valence-electron chi connectivity index (χ4n) is 3.83. The quantitative estimate of drug-likeness (QED) is 0.567. The molecule has 0 spiro atoms. The molecule has 23 heavy (non-hydrogen) atoms. The van der Waals surface area contributed by atoms with E-state index >= 15 is 0 Å². The van der Waals surface area contributed by atoms with Crippen molar-refractivity contribution in [1.29, 1.82) is 0 Å². The van der Waals surface area contributed by atoms with Crippen molar-refractivity contribution in [3.8, 4) is 0 Å². The van der Waals surface area contributed by atoms with Crippen LogP contribution in [0, 0.1) is 0 Å². The van der Waals surface area contributed by atoms with Gasteiger partial charge in [0.2, 0.25) is 0 Å². The van der Waals surface area contributed by atoms with Crippen LogP contribution >= 0.6 is 0 Å². The molecule has 1 saturated carbocycles. The van der Waals surface area contributed by atoms with E-state index in [9.17, 15) is 0 Å². The molecule has 2 aliphatic carbocycles. The first-order chi connectivity index (χ1) is 10.8. The van der Waals surface area contributed by atoms with Crippen molar-refractivity contribution in [2.24, 2.45) is 0 Å². The predicted octanol–water partition coefficient (Wildman–Crippen LogP) is 6.12. The van der Waals surface area contributed by atoms with Gasteiger partial charge in [-0.3, -0.25) is 0 Å². The van der Waals surface area contributed by atoms with Crippen molar-refractivity contribution in [2.75, 3.05) is 6.61 Å². The Bertz CT molecular complexity index is 604.